The largest absolute Gasteiger partial charge is 0.486 e. The molecule has 114 valence electrons. The Morgan fingerprint density at radius 1 is 1.00 bits per heavy atom. The standard InChI is InChI=1S/C17H24N2O2/c18-14-3-1-2-8-19(13-5-6-13)17(14)12-4-7-15-16(11-12)21-10-9-20-15/h4,7,11,13-14,17H,1-3,5-6,8-10,18H2. The summed E-state index contributed by atoms with van der Waals surface area (Å²) >= 11 is 0. The predicted molar refractivity (Wildman–Crippen MR) is 81.7 cm³/mol. The Bertz CT molecular complexity index is 516. The molecule has 1 saturated heterocycles. The van der Waals surface area contributed by atoms with E-state index in [-0.39, 0.29) is 6.04 Å². The molecular weight excluding hydrogens is 264 g/mol. The zero-order valence-corrected chi connectivity index (χ0v) is 12.5. The fourth-order valence-corrected chi connectivity index (χ4v) is 3.72. The number of nitrogens with zero attached hydrogens (tertiary/aromatic N) is 1. The fraction of sp³-hybridized carbons (Fsp3) is 0.647. The molecule has 4 rings (SSSR count). The van der Waals surface area contributed by atoms with Gasteiger partial charge in [0.1, 0.15) is 13.2 Å². The van der Waals surface area contributed by atoms with Gasteiger partial charge in [0.25, 0.3) is 0 Å². The molecule has 2 heterocycles. The third-order valence-corrected chi connectivity index (χ3v) is 4.89. The molecule has 0 aromatic heterocycles. The maximum atomic E-state index is 6.53. The molecule has 2 atom stereocenters. The molecule has 0 spiro atoms. The highest BCUT2D eigenvalue weighted by Crippen LogP contribution is 2.41. The van der Waals surface area contributed by atoms with Gasteiger partial charge in [0, 0.05) is 12.1 Å². The highest BCUT2D eigenvalue weighted by molar-refractivity contribution is 5.45. The van der Waals surface area contributed by atoms with Crippen molar-refractivity contribution in [3.05, 3.63) is 23.8 Å². The quantitative estimate of drug-likeness (QED) is 0.908. The molecule has 2 N–H and O–H groups in total. The van der Waals surface area contributed by atoms with Gasteiger partial charge < -0.3 is 15.2 Å². The molecule has 0 amide bonds. The molecule has 0 radical (unpaired) electrons. The van der Waals surface area contributed by atoms with E-state index < -0.39 is 0 Å². The monoisotopic (exact) mass is 288 g/mol. The first-order valence-electron chi connectivity index (χ1n) is 8.24. The second-order valence-electron chi connectivity index (χ2n) is 6.48. The van der Waals surface area contributed by atoms with Crippen LogP contribution in [-0.2, 0) is 0 Å². The van der Waals surface area contributed by atoms with Crippen molar-refractivity contribution in [2.45, 2.75) is 50.2 Å². The lowest BCUT2D eigenvalue weighted by molar-refractivity contribution is 0.164. The van der Waals surface area contributed by atoms with Gasteiger partial charge in [0.2, 0.25) is 0 Å². The number of benzene rings is 1. The minimum atomic E-state index is 0.218. The third-order valence-electron chi connectivity index (χ3n) is 4.89. The Morgan fingerprint density at radius 2 is 1.81 bits per heavy atom. The number of likely N-dealkylation sites (tertiary alicyclic amines) is 1. The van der Waals surface area contributed by atoms with E-state index in [0.717, 1.165) is 24.0 Å². The lowest BCUT2D eigenvalue weighted by atomic mass is 9.95. The number of hydrogen-bond donors (Lipinski definition) is 1. The first kappa shape index (κ1) is 13.4. The normalized spacial score (nSPS) is 30.0. The SMILES string of the molecule is NC1CCCCN(C2CC2)C1c1ccc2c(c1)OCCO2. The van der Waals surface area contributed by atoms with Crippen LogP contribution in [0, 0.1) is 0 Å². The van der Waals surface area contributed by atoms with Gasteiger partial charge in [-0.1, -0.05) is 12.5 Å². The van der Waals surface area contributed by atoms with E-state index in [1.807, 2.05) is 6.07 Å². The average Bonchev–Trinajstić information content (AvgIpc) is 3.34. The summed E-state index contributed by atoms with van der Waals surface area (Å²) in [6.45, 7) is 2.46. The van der Waals surface area contributed by atoms with Gasteiger partial charge in [-0.2, -0.15) is 0 Å². The molecule has 0 bridgehead atoms. The van der Waals surface area contributed by atoms with E-state index >= 15 is 0 Å². The van der Waals surface area contributed by atoms with Crippen molar-refractivity contribution in [1.29, 1.82) is 0 Å². The van der Waals surface area contributed by atoms with Crippen LogP contribution in [0.4, 0.5) is 0 Å². The molecule has 3 aliphatic rings. The number of hydrogen-bond acceptors (Lipinski definition) is 4. The zero-order chi connectivity index (χ0) is 14.2. The van der Waals surface area contributed by atoms with Crippen molar-refractivity contribution in [2.24, 2.45) is 5.73 Å². The second kappa shape index (κ2) is 5.50. The van der Waals surface area contributed by atoms with Crippen LogP contribution >= 0.6 is 0 Å². The molecular formula is C17H24N2O2. The Morgan fingerprint density at radius 3 is 2.62 bits per heavy atom. The summed E-state index contributed by atoms with van der Waals surface area (Å²) in [6, 6.07) is 7.67. The maximum Gasteiger partial charge on any atom is 0.161 e. The van der Waals surface area contributed by atoms with E-state index in [2.05, 4.69) is 17.0 Å². The van der Waals surface area contributed by atoms with E-state index in [0.29, 0.717) is 19.3 Å². The predicted octanol–water partition coefficient (Wildman–Crippen LogP) is 2.47. The van der Waals surface area contributed by atoms with Crippen LogP contribution < -0.4 is 15.2 Å². The topological polar surface area (TPSA) is 47.7 Å². The summed E-state index contributed by atoms with van der Waals surface area (Å²) in [6.07, 6.45) is 6.28. The van der Waals surface area contributed by atoms with Gasteiger partial charge in [0.15, 0.2) is 11.5 Å². The summed E-state index contributed by atoms with van der Waals surface area (Å²) in [7, 11) is 0. The van der Waals surface area contributed by atoms with E-state index in [9.17, 15) is 0 Å². The van der Waals surface area contributed by atoms with E-state index in [4.69, 9.17) is 15.2 Å². The van der Waals surface area contributed by atoms with Gasteiger partial charge in [0.05, 0.1) is 6.04 Å². The van der Waals surface area contributed by atoms with Crippen LogP contribution in [0.15, 0.2) is 18.2 Å². The van der Waals surface area contributed by atoms with Crippen molar-refractivity contribution in [3.63, 3.8) is 0 Å². The highest BCUT2D eigenvalue weighted by atomic mass is 16.6. The molecule has 2 fully saturated rings. The fourth-order valence-electron chi connectivity index (χ4n) is 3.72. The van der Waals surface area contributed by atoms with Crippen LogP contribution in [0.1, 0.15) is 43.7 Å². The van der Waals surface area contributed by atoms with Gasteiger partial charge in [-0.15, -0.1) is 0 Å². The number of fused-ring (bicyclic) bond motifs is 1. The maximum absolute atomic E-state index is 6.53. The number of rotatable bonds is 2. The average molecular weight is 288 g/mol. The first-order chi connectivity index (χ1) is 10.3. The Labute approximate surface area is 126 Å². The molecule has 1 saturated carbocycles. The summed E-state index contributed by atoms with van der Waals surface area (Å²) in [5.74, 6) is 1.75. The lowest BCUT2D eigenvalue weighted by Gasteiger charge is -2.34. The first-order valence-corrected chi connectivity index (χ1v) is 8.24. The van der Waals surface area contributed by atoms with Crippen molar-refractivity contribution >= 4 is 0 Å². The van der Waals surface area contributed by atoms with Crippen molar-refractivity contribution < 1.29 is 9.47 Å². The van der Waals surface area contributed by atoms with Crippen LogP contribution in [0.2, 0.25) is 0 Å². The summed E-state index contributed by atoms with van der Waals surface area (Å²) in [5, 5.41) is 0. The van der Waals surface area contributed by atoms with Gasteiger partial charge in [-0.25, -0.2) is 0 Å². The Kier molecular flexibility index (Phi) is 3.51. The van der Waals surface area contributed by atoms with E-state index in [1.54, 1.807) is 0 Å². The van der Waals surface area contributed by atoms with Crippen LogP contribution in [0.3, 0.4) is 0 Å². The van der Waals surface area contributed by atoms with Crippen LogP contribution in [0.5, 0.6) is 11.5 Å². The molecule has 4 heteroatoms. The van der Waals surface area contributed by atoms with E-state index in [1.165, 1.54) is 37.8 Å². The molecule has 1 aromatic carbocycles. The van der Waals surface area contributed by atoms with Gasteiger partial charge >= 0.3 is 0 Å². The summed E-state index contributed by atoms with van der Waals surface area (Å²) < 4.78 is 11.4. The number of nitrogens with two attached hydrogens (primary N) is 1. The third kappa shape index (κ3) is 2.62. The Balaban J connectivity index is 1.67. The minimum Gasteiger partial charge on any atom is -0.486 e. The molecule has 1 aromatic rings. The smallest absolute Gasteiger partial charge is 0.161 e. The molecule has 21 heavy (non-hydrogen) atoms. The zero-order valence-electron chi connectivity index (χ0n) is 12.5. The highest BCUT2D eigenvalue weighted by Gasteiger charge is 2.38. The van der Waals surface area contributed by atoms with Crippen LogP contribution in [-0.4, -0.2) is 36.7 Å². The van der Waals surface area contributed by atoms with Crippen LogP contribution in [0.25, 0.3) is 0 Å². The second-order valence-corrected chi connectivity index (χ2v) is 6.48. The number of ether oxygens (including phenoxy) is 2. The van der Waals surface area contributed by atoms with Crippen molar-refractivity contribution in [2.75, 3.05) is 19.8 Å². The van der Waals surface area contributed by atoms with Crippen molar-refractivity contribution in [1.82, 2.24) is 4.90 Å². The minimum absolute atomic E-state index is 0.218. The lowest BCUT2D eigenvalue weighted by Crippen LogP contribution is -2.41. The van der Waals surface area contributed by atoms with Gasteiger partial charge in [-0.05, 0) is 49.9 Å². The molecule has 1 aliphatic carbocycles. The molecule has 2 unspecified atom stereocenters. The molecule has 2 aliphatic heterocycles. The Hall–Kier alpha value is -1.26. The molecule has 4 nitrogen and oxygen atoms in total. The van der Waals surface area contributed by atoms with Crippen molar-refractivity contribution in [3.8, 4) is 11.5 Å². The summed E-state index contributed by atoms with van der Waals surface area (Å²) in [4.78, 5) is 2.64. The summed E-state index contributed by atoms with van der Waals surface area (Å²) in [5.41, 5.74) is 7.82. The van der Waals surface area contributed by atoms with Gasteiger partial charge in [-0.3, -0.25) is 4.90 Å².